The van der Waals surface area contributed by atoms with Crippen LogP contribution in [-0.2, 0) is 4.79 Å². The number of hydrogen-bond donors (Lipinski definition) is 1. The van der Waals surface area contributed by atoms with Gasteiger partial charge in [-0.2, -0.15) is 0 Å². The summed E-state index contributed by atoms with van der Waals surface area (Å²) in [5.74, 6) is 1.20. The van der Waals surface area contributed by atoms with Crippen molar-refractivity contribution >= 4 is 23.2 Å². The molecule has 126 valence electrons. The molecule has 4 heteroatoms. The Morgan fingerprint density at radius 2 is 1.80 bits per heavy atom. The fourth-order valence-corrected chi connectivity index (χ4v) is 2.41. The fourth-order valence-electron chi connectivity index (χ4n) is 2.41. The molecule has 25 heavy (non-hydrogen) atoms. The molecule has 1 N–H and O–H groups in total. The number of carbonyl (C=O) groups excluding carboxylic acids is 1. The first-order valence-electron chi connectivity index (χ1n) is 8.11. The van der Waals surface area contributed by atoms with Crippen LogP contribution in [0.5, 0.6) is 5.75 Å². The van der Waals surface area contributed by atoms with Gasteiger partial charge in [0.15, 0.2) is 0 Å². The van der Waals surface area contributed by atoms with Gasteiger partial charge in [-0.05, 0) is 55.0 Å². The average Bonchev–Trinajstić information content (AvgIpc) is 3.15. The fraction of sp³-hybridized carbons (Fsp3) is 0.0952. The van der Waals surface area contributed by atoms with Crippen LogP contribution in [-0.4, -0.2) is 12.5 Å². The molecule has 0 saturated heterocycles. The van der Waals surface area contributed by atoms with Crippen molar-refractivity contribution in [2.75, 3.05) is 11.9 Å². The zero-order valence-corrected chi connectivity index (χ0v) is 13.9. The topological polar surface area (TPSA) is 51.5 Å². The van der Waals surface area contributed by atoms with Crippen molar-refractivity contribution in [3.63, 3.8) is 0 Å². The van der Waals surface area contributed by atoms with Gasteiger partial charge in [-0.1, -0.05) is 30.3 Å². The van der Waals surface area contributed by atoms with Gasteiger partial charge >= 0.3 is 0 Å². The number of carbonyl (C=O) groups is 1. The van der Waals surface area contributed by atoms with E-state index in [1.807, 2.05) is 67.6 Å². The molecule has 0 aliphatic rings. The van der Waals surface area contributed by atoms with Crippen LogP contribution in [0.3, 0.4) is 0 Å². The van der Waals surface area contributed by atoms with Crippen LogP contribution in [0.4, 0.5) is 5.69 Å². The minimum absolute atomic E-state index is 0.202. The molecule has 2 aromatic carbocycles. The lowest BCUT2D eigenvalue weighted by Gasteiger charge is -2.10. The lowest BCUT2D eigenvalue weighted by molar-refractivity contribution is -0.111. The quantitative estimate of drug-likeness (QED) is 0.656. The molecule has 0 atom stereocenters. The van der Waals surface area contributed by atoms with E-state index in [4.69, 9.17) is 9.15 Å². The minimum Gasteiger partial charge on any atom is -0.494 e. The molecule has 0 fully saturated rings. The molecule has 0 bridgehead atoms. The number of benzene rings is 2. The van der Waals surface area contributed by atoms with Gasteiger partial charge in [-0.25, -0.2) is 0 Å². The second kappa shape index (κ2) is 8.02. The molecule has 1 amide bonds. The molecule has 0 saturated carbocycles. The highest BCUT2D eigenvalue weighted by molar-refractivity contribution is 6.29. The SMILES string of the molecule is CCOc1ccc(NC(=O)/C(=C/c2ccco2)c2ccccc2)cc1. The molecule has 3 rings (SSSR count). The van der Waals surface area contributed by atoms with Crippen molar-refractivity contribution in [1.82, 2.24) is 0 Å². The van der Waals surface area contributed by atoms with Gasteiger partial charge in [-0.3, -0.25) is 4.79 Å². The summed E-state index contributed by atoms with van der Waals surface area (Å²) in [6, 6.07) is 20.4. The number of amides is 1. The maximum atomic E-state index is 12.8. The molecule has 0 unspecified atom stereocenters. The summed E-state index contributed by atoms with van der Waals surface area (Å²) < 4.78 is 10.8. The zero-order chi connectivity index (χ0) is 17.5. The first-order valence-corrected chi connectivity index (χ1v) is 8.11. The molecule has 0 radical (unpaired) electrons. The summed E-state index contributed by atoms with van der Waals surface area (Å²) in [5, 5.41) is 2.92. The number of nitrogens with one attached hydrogen (secondary N) is 1. The van der Waals surface area contributed by atoms with E-state index < -0.39 is 0 Å². The lowest BCUT2D eigenvalue weighted by Crippen LogP contribution is -2.13. The van der Waals surface area contributed by atoms with Crippen LogP contribution in [0.2, 0.25) is 0 Å². The van der Waals surface area contributed by atoms with Crippen LogP contribution in [0.25, 0.3) is 11.6 Å². The molecule has 0 spiro atoms. The largest absolute Gasteiger partial charge is 0.494 e. The van der Waals surface area contributed by atoms with Gasteiger partial charge in [0.1, 0.15) is 11.5 Å². The number of anilines is 1. The van der Waals surface area contributed by atoms with Gasteiger partial charge in [0, 0.05) is 5.69 Å². The number of ether oxygens (including phenoxy) is 1. The smallest absolute Gasteiger partial charge is 0.256 e. The van der Waals surface area contributed by atoms with Crippen LogP contribution in [0.15, 0.2) is 77.4 Å². The first kappa shape index (κ1) is 16.6. The highest BCUT2D eigenvalue weighted by atomic mass is 16.5. The summed E-state index contributed by atoms with van der Waals surface area (Å²) in [5.41, 5.74) is 2.06. The maximum Gasteiger partial charge on any atom is 0.256 e. The normalized spacial score (nSPS) is 11.2. The Balaban J connectivity index is 1.84. The Hall–Kier alpha value is -3.27. The Labute approximate surface area is 146 Å². The first-order chi connectivity index (χ1) is 12.3. The van der Waals surface area contributed by atoms with Gasteiger partial charge in [0.25, 0.3) is 5.91 Å². The van der Waals surface area contributed by atoms with E-state index in [-0.39, 0.29) is 5.91 Å². The highest BCUT2D eigenvalue weighted by Gasteiger charge is 2.13. The highest BCUT2D eigenvalue weighted by Crippen LogP contribution is 2.22. The standard InChI is InChI=1S/C21H19NO3/c1-2-24-18-12-10-17(11-13-18)22-21(23)20(15-19-9-6-14-25-19)16-7-4-3-5-8-16/h3-15H,2H2,1H3,(H,22,23)/b20-15+. The van der Waals surface area contributed by atoms with E-state index in [0.717, 1.165) is 11.3 Å². The molecule has 0 aliphatic heterocycles. The number of rotatable bonds is 6. The maximum absolute atomic E-state index is 12.8. The van der Waals surface area contributed by atoms with Gasteiger partial charge in [0.05, 0.1) is 18.4 Å². The van der Waals surface area contributed by atoms with Crippen molar-refractivity contribution in [3.05, 3.63) is 84.3 Å². The van der Waals surface area contributed by atoms with Crippen molar-refractivity contribution < 1.29 is 13.9 Å². The van der Waals surface area contributed by atoms with Crippen LogP contribution < -0.4 is 10.1 Å². The Morgan fingerprint density at radius 3 is 2.44 bits per heavy atom. The van der Waals surface area contributed by atoms with Gasteiger partial charge < -0.3 is 14.5 Å². The van der Waals surface area contributed by atoms with Gasteiger partial charge in [-0.15, -0.1) is 0 Å². The lowest BCUT2D eigenvalue weighted by atomic mass is 10.0. The van der Waals surface area contributed by atoms with Crippen LogP contribution in [0.1, 0.15) is 18.2 Å². The summed E-state index contributed by atoms with van der Waals surface area (Å²) in [6.45, 7) is 2.54. The summed E-state index contributed by atoms with van der Waals surface area (Å²) >= 11 is 0. The third-order valence-electron chi connectivity index (χ3n) is 3.58. The molecule has 0 aliphatic carbocycles. The Kier molecular flexibility index (Phi) is 5.32. The Bertz CT molecular complexity index is 835. The predicted octanol–water partition coefficient (Wildman–Crippen LogP) is 4.86. The van der Waals surface area contributed by atoms with E-state index in [1.54, 1.807) is 18.4 Å². The third kappa shape index (κ3) is 4.38. The van der Waals surface area contributed by atoms with E-state index in [0.29, 0.717) is 23.6 Å². The second-order valence-corrected chi connectivity index (χ2v) is 5.35. The van der Waals surface area contributed by atoms with Crippen molar-refractivity contribution in [2.24, 2.45) is 0 Å². The Morgan fingerprint density at radius 1 is 1.04 bits per heavy atom. The molecule has 1 heterocycles. The second-order valence-electron chi connectivity index (χ2n) is 5.35. The molecular formula is C21H19NO3. The average molecular weight is 333 g/mol. The zero-order valence-electron chi connectivity index (χ0n) is 13.9. The van der Waals surface area contributed by atoms with Crippen molar-refractivity contribution in [2.45, 2.75) is 6.92 Å². The predicted molar refractivity (Wildman–Crippen MR) is 99.3 cm³/mol. The monoisotopic (exact) mass is 333 g/mol. The van der Waals surface area contributed by atoms with Crippen molar-refractivity contribution in [3.8, 4) is 5.75 Å². The number of hydrogen-bond acceptors (Lipinski definition) is 3. The third-order valence-corrected chi connectivity index (χ3v) is 3.58. The van der Waals surface area contributed by atoms with E-state index >= 15 is 0 Å². The minimum atomic E-state index is -0.202. The van der Waals surface area contributed by atoms with E-state index in [9.17, 15) is 4.79 Å². The number of furan rings is 1. The molecular weight excluding hydrogens is 314 g/mol. The van der Waals surface area contributed by atoms with E-state index in [1.165, 1.54) is 0 Å². The molecule has 3 aromatic rings. The molecule has 1 aromatic heterocycles. The van der Waals surface area contributed by atoms with Crippen LogP contribution >= 0.6 is 0 Å². The summed E-state index contributed by atoms with van der Waals surface area (Å²) in [7, 11) is 0. The summed E-state index contributed by atoms with van der Waals surface area (Å²) in [4.78, 5) is 12.8. The van der Waals surface area contributed by atoms with Crippen LogP contribution in [0, 0.1) is 0 Å². The van der Waals surface area contributed by atoms with Gasteiger partial charge in [0.2, 0.25) is 0 Å². The summed E-state index contributed by atoms with van der Waals surface area (Å²) in [6.07, 6.45) is 3.32. The molecule has 4 nitrogen and oxygen atoms in total. The van der Waals surface area contributed by atoms with Crippen molar-refractivity contribution in [1.29, 1.82) is 0 Å². The van der Waals surface area contributed by atoms with E-state index in [2.05, 4.69) is 5.32 Å².